The minimum atomic E-state index is -0.419. The molecule has 0 saturated heterocycles. The third-order valence-corrected chi connectivity index (χ3v) is 3.13. The first kappa shape index (κ1) is 15.2. The van der Waals surface area contributed by atoms with Crippen LogP contribution in [0.5, 0.6) is 0 Å². The second-order valence-corrected chi connectivity index (χ2v) is 5.99. The molecule has 1 N–H and O–H groups in total. The van der Waals surface area contributed by atoms with Gasteiger partial charge in [0.2, 0.25) is 0 Å². The zero-order valence-electron chi connectivity index (χ0n) is 12.6. The van der Waals surface area contributed by atoms with Crippen molar-refractivity contribution >= 4 is 5.69 Å². The van der Waals surface area contributed by atoms with Crippen LogP contribution in [0.2, 0.25) is 0 Å². The van der Waals surface area contributed by atoms with Gasteiger partial charge < -0.3 is 9.84 Å². The number of nitro groups is 1. The van der Waals surface area contributed by atoms with Crippen molar-refractivity contribution in [3.8, 4) is 11.3 Å². The molecule has 0 aliphatic carbocycles. The number of nitro benzene ring substituents is 1. The van der Waals surface area contributed by atoms with Crippen molar-refractivity contribution in [1.29, 1.82) is 0 Å². The Hall–Kier alpha value is -2.21. The molecule has 1 heterocycles. The number of aromatic nitrogens is 1. The number of rotatable bonds is 4. The summed E-state index contributed by atoms with van der Waals surface area (Å²) in [5.41, 5.74) is 2.39. The predicted molar refractivity (Wildman–Crippen MR) is 79.9 cm³/mol. The molecule has 0 aliphatic rings. The van der Waals surface area contributed by atoms with Gasteiger partial charge in [0.15, 0.2) is 5.76 Å². The van der Waals surface area contributed by atoms with Crippen LogP contribution >= 0.6 is 0 Å². The van der Waals surface area contributed by atoms with Crippen molar-refractivity contribution in [3.63, 3.8) is 0 Å². The molecule has 0 spiro atoms. The van der Waals surface area contributed by atoms with Crippen LogP contribution in [0, 0.1) is 17.0 Å². The van der Waals surface area contributed by atoms with Crippen LogP contribution in [0.1, 0.15) is 32.0 Å². The quantitative estimate of drug-likeness (QED) is 0.688. The summed E-state index contributed by atoms with van der Waals surface area (Å²) in [5.74, 6) is 0.574. The van der Waals surface area contributed by atoms with E-state index in [1.54, 1.807) is 12.1 Å². The van der Waals surface area contributed by atoms with Crippen molar-refractivity contribution in [2.45, 2.75) is 39.8 Å². The van der Waals surface area contributed by atoms with Crippen molar-refractivity contribution < 1.29 is 9.45 Å². The minimum Gasteiger partial charge on any atom is -0.356 e. The maximum absolute atomic E-state index is 10.8. The summed E-state index contributed by atoms with van der Waals surface area (Å²) in [6, 6.07) is 6.37. The SMILES string of the molecule is Cc1c(CNC(C)(C)C)noc1-c1cccc([N+](=O)[O-])c1. The zero-order chi connectivity index (χ0) is 15.6. The highest BCUT2D eigenvalue weighted by molar-refractivity contribution is 5.64. The van der Waals surface area contributed by atoms with E-state index < -0.39 is 4.92 Å². The van der Waals surface area contributed by atoms with E-state index >= 15 is 0 Å². The maximum Gasteiger partial charge on any atom is 0.270 e. The normalized spacial score (nSPS) is 11.6. The number of benzene rings is 1. The molecule has 0 saturated carbocycles. The molecular weight excluding hydrogens is 270 g/mol. The first-order chi connectivity index (χ1) is 9.78. The highest BCUT2D eigenvalue weighted by atomic mass is 16.6. The van der Waals surface area contributed by atoms with Crippen molar-refractivity contribution in [2.75, 3.05) is 0 Å². The van der Waals surface area contributed by atoms with Gasteiger partial charge in [0.05, 0.1) is 4.92 Å². The van der Waals surface area contributed by atoms with Crippen LogP contribution in [-0.2, 0) is 6.54 Å². The van der Waals surface area contributed by atoms with E-state index in [2.05, 4.69) is 31.2 Å². The molecule has 2 aromatic rings. The summed E-state index contributed by atoms with van der Waals surface area (Å²) in [6.07, 6.45) is 0. The minimum absolute atomic E-state index is 0.0168. The average molecular weight is 289 g/mol. The largest absolute Gasteiger partial charge is 0.356 e. The third kappa shape index (κ3) is 3.66. The lowest BCUT2D eigenvalue weighted by Gasteiger charge is -2.19. The Bertz CT molecular complexity index is 656. The predicted octanol–water partition coefficient (Wildman–Crippen LogP) is 3.45. The highest BCUT2D eigenvalue weighted by Crippen LogP contribution is 2.28. The maximum atomic E-state index is 10.8. The van der Waals surface area contributed by atoms with Crippen LogP contribution in [0.3, 0.4) is 0 Å². The van der Waals surface area contributed by atoms with Gasteiger partial charge in [-0.25, -0.2) is 0 Å². The second-order valence-electron chi connectivity index (χ2n) is 5.99. The first-order valence-electron chi connectivity index (χ1n) is 6.73. The lowest BCUT2D eigenvalue weighted by atomic mass is 10.1. The standard InChI is InChI=1S/C15H19N3O3/c1-10-13(9-16-15(2,3)4)17-21-14(10)11-6-5-7-12(8-11)18(19)20/h5-8,16H,9H2,1-4H3. The molecule has 2 rings (SSSR count). The Labute approximate surface area is 123 Å². The monoisotopic (exact) mass is 289 g/mol. The number of hydrogen-bond acceptors (Lipinski definition) is 5. The van der Waals surface area contributed by atoms with Crippen LogP contribution in [0.15, 0.2) is 28.8 Å². The molecule has 0 radical (unpaired) electrons. The zero-order valence-corrected chi connectivity index (χ0v) is 12.6. The molecule has 0 bridgehead atoms. The van der Waals surface area contributed by atoms with Gasteiger partial charge in [0, 0.05) is 35.3 Å². The fourth-order valence-corrected chi connectivity index (χ4v) is 1.91. The van der Waals surface area contributed by atoms with Gasteiger partial charge in [-0.15, -0.1) is 0 Å². The van der Waals surface area contributed by atoms with Crippen LogP contribution in [0.4, 0.5) is 5.69 Å². The Morgan fingerprint density at radius 2 is 2.10 bits per heavy atom. The van der Waals surface area contributed by atoms with E-state index in [0.717, 1.165) is 11.3 Å². The first-order valence-corrected chi connectivity index (χ1v) is 6.73. The van der Waals surface area contributed by atoms with E-state index in [1.165, 1.54) is 12.1 Å². The van der Waals surface area contributed by atoms with Crippen molar-refractivity contribution in [1.82, 2.24) is 10.5 Å². The molecule has 1 aromatic heterocycles. The van der Waals surface area contributed by atoms with Gasteiger partial charge in [-0.3, -0.25) is 10.1 Å². The van der Waals surface area contributed by atoms with Gasteiger partial charge in [-0.1, -0.05) is 17.3 Å². The van der Waals surface area contributed by atoms with Gasteiger partial charge in [-0.05, 0) is 27.7 Å². The van der Waals surface area contributed by atoms with Crippen molar-refractivity contribution in [2.24, 2.45) is 0 Å². The summed E-state index contributed by atoms with van der Waals surface area (Å²) in [5, 5.41) is 18.2. The fraction of sp³-hybridized carbons (Fsp3) is 0.400. The van der Waals surface area contributed by atoms with E-state index in [1.807, 2.05) is 6.92 Å². The molecule has 112 valence electrons. The summed E-state index contributed by atoms with van der Waals surface area (Å²) >= 11 is 0. The van der Waals surface area contributed by atoms with Crippen LogP contribution in [-0.4, -0.2) is 15.6 Å². The Morgan fingerprint density at radius 1 is 1.38 bits per heavy atom. The number of hydrogen-bond donors (Lipinski definition) is 1. The van der Waals surface area contributed by atoms with E-state index in [-0.39, 0.29) is 11.2 Å². The van der Waals surface area contributed by atoms with Crippen LogP contribution < -0.4 is 5.32 Å². The van der Waals surface area contributed by atoms with Gasteiger partial charge in [-0.2, -0.15) is 0 Å². The van der Waals surface area contributed by atoms with Crippen LogP contribution in [0.25, 0.3) is 11.3 Å². The van der Waals surface area contributed by atoms with Gasteiger partial charge in [0.1, 0.15) is 5.69 Å². The number of nitrogens with zero attached hydrogens (tertiary/aromatic N) is 2. The lowest BCUT2D eigenvalue weighted by Crippen LogP contribution is -2.35. The average Bonchev–Trinajstić information content (AvgIpc) is 2.77. The van der Waals surface area contributed by atoms with Gasteiger partial charge >= 0.3 is 0 Å². The summed E-state index contributed by atoms with van der Waals surface area (Å²) < 4.78 is 5.37. The molecule has 1 aromatic carbocycles. The second kappa shape index (κ2) is 5.65. The number of nitrogens with one attached hydrogen (secondary N) is 1. The smallest absolute Gasteiger partial charge is 0.270 e. The molecule has 0 atom stereocenters. The molecule has 0 aliphatic heterocycles. The molecule has 21 heavy (non-hydrogen) atoms. The summed E-state index contributed by atoms with van der Waals surface area (Å²) in [7, 11) is 0. The Balaban J connectivity index is 2.28. The van der Waals surface area contributed by atoms with Gasteiger partial charge in [0.25, 0.3) is 5.69 Å². The summed E-state index contributed by atoms with van der Waals surface area (Å²) in [6.45, 7) is 8.72. The molecule has 6 nitrogen and oxygen atoms in total. The molecule has 6 heteroatoms. The summed E-state index contributed by atoms with van der Waals surface area (Å²) in [4.78, 5) is 10.4. The number of non-ortho nitro benzene ring substituents is 1. The fourth-order valence-electron chi connectivity index (χ4n) is 1.91. The lowest BCUT2D eigenvalue weighted by molar-refractivity contribution is -0.384. The Morgan fingerprint density at radius 3 is 2.71 bits per heavy atom. The van der Waals surface area contributed by atoms with E-state index in [0.29, 0.717) is 17.9 Å². The molecule has 0 unspecified atom stereocenters. The molecular formula is C15H19N3O3. The van der Waals surface area contributed by atoms with E-state index in [9.17, 15) is 10.1 Å². The topological polar surface area (TPSA) is 81.2 Å². The third-order valence-electron chi connectivity index (χ3n) is 3.13. The highest BCUT2D eigenvalue weighted by Gasteiger charge is 2.17. The molecule has 0 amide bonds. The van der Waals surface area contributed by atoms with Crippen molar-refractivity contribution in [3.05, 3.63) is 45.6 Å². The Kier molecular flexibility index (Phi) is 4.09. The molecule has 0 fully saturated rings. The van der Waals surface area contributed by atoms with E-state index in [4.69, 9.17) is 4.52 Å².